The van der Waals surface area contributed by atoms with Gasteiger partial charge in [-0.2, -0.15) is 0 Å². The number of nitrogens with two attached hydrogens (primary N) is 1. The zero-order valence-corrected chi connectivity index (χ0v) is 9.46. The lowest BCUT2D eigenvalue weighted by molar-refractivity contribution is 0.472. The van der Waals surface area contributed by atoms with Crippen molar-refractivity contribution >= 4 is 5.69 Å². The number of benzene rings is 1. The Morgan fingerprint density at radius 1 is 1.21 bits per heavy atom. The van der Waals surface area contributed by atoms with Gasteiger partial charge in [-0.05, 0) is 29.9 Å². The molecular weight excluding hydrogens is 170 g/mol. The molecule has 78 valence electrons. The van der Waals surface area contributed by atoms with Gasteiger partial charge in [-0.1, -0.05) is 45.4 Å². The van der Waals surface area contributed by atoms with Crippen LogP contribution in [0.2, 0.25) is 0 Å². The second-order valence-corrected chi connectivity index (χ2v) is 4.28. The van der Waals surface area contributed by atoms with Gasteiger partial charge in [-0.3, -0.25) is 0 Å². The van der Waals surface area contributed by atoms with Crippen molar-refractivity contribution in [3.63, 3.8) is 0 Å². The number of anilines is 1. The van der Waals surface area contributed by atoms with Crippen LogP contribution >= 0.6 is 0 Å². The quantitative estimate of drug-likeness (QED) is 0.719. The molecule has 1 rings (SSSR count). The van der Waals surface area contributed by atoms with E-state index in [4.69, 9.17) is 5.73 Å². The third-order valence-electron chi connectivity index (χ3n) is 2.98. The molecule has 0 heterocycles. The molecule has 0 saturated carbocycles. The van der Waals surface area contributed by atoms with Crippen LogP contribution in [-0.4, -0.2) is 0 Å². The lowest BCUT2D eigenvalue weighted by atomic mass is 9.89. The number of hydrogen-bond donors (Lipinski definition) is 1. The fourth-order valence-electron chi connectivity index (χ4n) is 1.86. The average Bonchev–Trinajstić information content (AvgIpc) is 2.18. The van der Waals surface area contributed by atoms with E-state index >= 15 is 0 Å². The minimum atomic E-state index is 0.575. The summed E-state index contributed by atoms with van der Waals surface area (Å²) in [4.78, 5) is 0. The standard InChI is InChI=1S/C13H21N/c1-4-10(2)9-11(3)12-7-5-6-8-13(12)14/h5-8,10-11H,4,9,14H2,1-3H3. The van der Waals surface area contributed by atoms with Crippen LogP contribution in [0.1, 0.15) is 45.1 Å². The van der Waals surface area contributed by atoms with Crippen molar-refractivity contribution in [3.05, 3.63) is 29.8 Å². The Labute approximate surface area is 87.3 Å². The number of rotatable bonds is 4. The molecule has 1 aromatic carbocycles. The Balaban J connectivity index is 2.69. The third kappa shape index (κ3) is 2.76. The Morgan fingerprint density at radius 3 is 2.43 bits per heavy atom. The van der Waals surface area contributed by atoms with Crippen LogP contribution in [0.4, 0.5) is 5.69 Å². The minimum absolute atomic E-state index is 0.575. The zero-order chi connectivity index (χ0) is 10.6. The van der Waals surface area contributed by atoms with Gasteiger partial charge < -0.3 is 5.73 Å². The molecule has 0 spiro atoms. The van der Waals surface area contributed by atoms with Gasteiger partial charge in [0.1, 0.15) is 0 Å². The van der Waals surface area contributed by atoms with Gasteiger partial charge in [0.15, 0.2) is 0 Å². The van der Waals surface area contributed by atoms with Crippen LogP contribution < -0.4 is 5.73 Å². The van der Waals surface area contributed by atoms with Gasteiger partial charge in [0.25, 0.3) is 0 Å². The summed E-state index contributed by atoms with van der Waals surface area (Å²) in [5.41, 5.74) is 8.17. The van der Waals surface area contributed by atoms with Crippen molar-refractivity contribution in [1.82, 2.24) is 0 Å². The van der Waals surface area contributed by atoms with E-state index < -0.39 is 0 Å². The second kappa shape index (κ2) is 5.04. The Hall–Kier alpha value is -0.980. The van der Waals surface area contributed by atoms with E-state index in [1.165, 1.54) is 18.4 Å². The van der Waals surface area contributed by atoms with E-state index in [0.717, 1.165) is 11.6 Å². The van der Waals surface area contributed by atoms with Crippen molar-refractivity contribution in [1.29, 1.82) is 0 Å². The second-order valence-electron chi connectivity index (χ2n) is 4.28. The molecule has 0 bridgehead atoms. The SMILES string of the molecule is CCC(C)CC(C)c1ccccc1N. The highest BCUT2D eigenvalue weighted by atomic mass is 14.6. The number of hydrogen-bond acceptors (Lipinski definition) is 1. The molecule has 0 saturated heterocycles. The molecule has 2 unspecified atom stereocenters. The predicted octanol–water partition coefficient (Wildman–Crippen LogP) is 3.81. The third-order valence-corrected chi connectivity index (χ3v) is 2.98. The van der Waals surface area contributed by atoms with Crippen molar-refractivity contribution in [2.45, 2.75) is 39.5 Å². The highest BCUT2D eigenvalue weighted by Crippen LogP contribution is 2.28. The van der Waals surface area contributed by atoms with Crippen LogP contribution in [0.15, 0.2) is 24.3 Å². The number of nitrogen functional groups attached to an aromatic ring is 1. The van der Waals surface area contributed by atoms with E-state index in [-0.39, 0.29) is 0 Å². The predicted molar refractivity (Wildman–Crippen MR) is 63.3 cm³/mol. The summed E-state index contributed by atoms with van der Waals surface area (Å²) >= 11 is 0. The summed E-state index contributed by atoms with van der Waals surface area (Å²) < 4.78 is 0. The van der Waals surface area contributed by atoms with Crippen LogP contribution in [0.3, 0.4) is 0 Å². The maximum absolute atomic E-state index is 5.94. The largest absolute Gasteiger partial charge is 0.398 e. The van der Waals surface area contributed by atoms with Gasteiger partial charge >= 0.3 is 0 Å². The normalized spacial score (nSPS) is 15.1. The first-order valence-electron chi connectivity index (χ1n) is 5.49. The topological polar surface area (TPSA) is 26.0 Å². The van der Waals surface area contributed by atoms with E-state index in [9.17, 15) is 0 Å². The molecular formula is C13H21N. The summed E-state index contributed by atoms with van der Waals surface area (Å²) in [5, 5.41) is 0. The Morgan fingerprint density at radius 2 is 1.86 bits per heavy atom. The first-order chi connectivity index (χ1) is 6.65. The van der Waals surface area contributed by atoms with Gasteiger partial charge in [0, 0.05) is 5.69 Å². The molecule has 2 N–H and O–H groups in total. The van der Waals surface area contributed by atoms with Gasteiger partial charge in [0.2, 0.25) is 0 Å². The molecule has 0 aromatic heterocycles. The van der Waals surface area contributed by atoms with Crippen molar-refractivity contribution < 1.29 is 0 Å². The van der Waals surface area contributed by atoms with E-state index in [2.05, 4.69) is 32.9 Å². The zero-order valence-electron chi connectivity index (χ0n) is 9.46. The molecule has 0 radical (unpaired) electrons. The lowest BCUT2D eigenvalue weighted by Crippen LogP contribution is -2.03. The number of para-hydroxylation sites is 1. The Kier molecular flexibility index (Phi) is 3.99. The van der Waals surface area contributed by atoms with Crippen LogP contribution in [0.25, 0.3) is 0 Å². The maximum atomic E-state index is 5.94. The van der Waals surface area contributed by atoms with Crippen molar-refractivity contribution in [2.75, 3.05) is 5.73 Å². The fourth-order valence-corrected chi connectivity index (χ4v) is 1.86. The first kappa shape index (κ1) is 11.1. The molecule has 2 atom stereocenters. The molecule has 1 nitrogen and oxygen atoms in total. The fraction of sp³-hybridized carbons (Fsp3) is 0.538. The molecule has 0 aliphatic rings. The average molecular weight is 191 g/mol. The van der Waals surface area contributed by atoms with Gasteiger partial charge in [-0.15, -0.1) is 0 Å². The Bertz CT molecular complexity index is 280. The molecule has 0 aliphatic carbocycles. The molecule has 0 fully saturated rings. The van der Waals surface area contributed by atoms with Crippen LogP contribution in [0.5, 0.6) is 0 Å². The monoisotopic (exact) mass is 191 g/mol. The molecule has 0 amide bonds. The van der Waals surface area contributed by atoms with E-state index in [0.29, 0.717) is 5.92 Å². The van der Waals surface area contributed by atoms with Gasteiger partial charge in [0.05, 0.1) is 0 Å². The summed E-state index contributed by atoms with van der Waals surface area (Å²) in [5.74, 6) is 1.36. The van der Waals surface area contributed by atoms with E-state index in [1.807, 2.05) is 12.1 Å². The lowest BCUT2D eigenvalue weighted by Gasteiger charge is -2.17. The highest BCUT2D eigenvalue weighted by Gasteiger charge is 2.11. The molecule has 1 aromatic rings. The molecule has 14 heavy (non-hydrogen) atoms. The highest BCUT2D eigenvalue weighted by molar-refractivity contribution is 5.48. The van der Waals surface area contributed by atoms with Crippen LogP contribution in [0, 0.1) is 5.92 Å². The van der Waals surface area contributed by atoms with E-state index in [1.54, 1.807) is 0 Å². The summed E-state index contributed by atoms with van der Waals surface area (Å²) in [7, 11) is 0. The van der Waals surface area contributed by atoms with Crippen LogP contribution in [-0.2, 0) is 0 Å². The minimum Gasteiger partial charge on any atom is -0.398 e. The molecule has 0 aliphatic heterocycles. The maximum Gasteiger partial charge on any atom is 0.0349 e. The van der Waals surface area contributed by atoms with Gasteiger partial charge in [-0.25, -0.2) is 0 Å². The first-order valence-corrected chi connectivity index (χ1v) is 5.49. The summed E-state index contributed by atoms with van der Waals surface area (Å²) in [6, 6.07) is 8.19. The van der Waals surface area contributed by atoms with Crippen molar-refractivity contribution in [3.8, 4) is 0 Å². The summed E-state index contributed by atoms with van der Waals surface area (Å²) in [6.45, 7) is 6.80. The van der Waals surface area contributed by atoms with Crippen molar-refractivity contribution in [2.24, 2.45) is 5.92 Å². The smallest absolute Gasteiger partial charge is 0.0349 e. The molecule has 1 heteroatoms. The summed E-state index contributed by atoms with van der Waals surface area (Å²) in [6.07, 6.45) is 2.47.